The van der Waals surface area contributed by atoms with Gasteiger partial charge in [0.2, 0.25) is 5.91 Å². The monoisotopic (exact) mass is 296 g/mol. The molecule has 0 aromatic heterocycles. The Bertz CT molecular complexity index is 489. The van der Waals surface area contributed by atoms with E-state index in [1.807, 2.05) is 0 Å². The molecule has 6 heteroatoms. The van der Waals surface area contributed by atoms with Gasteiger partial charge in [0.1, 0.15) is 5.75 Å². The summed E-state index contributed by atoms with van der Waals surface area (Å²) in [6.07, 6.45) is 1.95. The van der Waals surface area contributed by atoms with E-state index in [4.69, 9.17) is 16.3 Å². The number of rotatable bonds is 7. The van der Waals surface area contributed by atoms with E-state index in [1.54, 1.807) is 24.3 Å². The number of benzene rings is 1. The number of ether oxygens (including phenoxy) is 1. The van der Waals surface area contributed by atoms with E-state index in [0.29, 0.717) is 23.9 Å². The van der Waals surface area contributed by atoms with Crippen LogP contribution in [0.25, 0.3) is 0 Å². The molecule has 0 bridgehead atoms. The molecular weight excluding hydrogens is 280 g/mol. The maximum atomic E-state index is 11.5. The van der Waals surface area contributed by atoms with Crippen molar-refractivity contribution in [2.24, 2.45) is 5.92 Å². The Morgan fingerprint density at radius 3 is 2.60 bits per heavy atom. The van der Waals surface area contributed by atoms with Gasteiger partial charge in [-0.05, 0) is 25.0 Å². The number of carbonyl (C=O) groups excluding carboxylic acids is 2. The fraction of sp³-hybridized carbons (Fsp3) is 0.429. The number of nitrogens with one attached hydrogen (secondary N) is 2. The number of carbonyl (C=O) groups is 2. The molecule has 1 aliphatic rings. The second kappa shape index (κ2) is 7.14. The van der Waals surface area contributed by atoms with Crippen LogP contribution in [-0.4, -0.2) is 31.5 Å². The molecule has 0 heterocycles. The van der Waals surface area contributed by atoms with Crippen molar-refractivity contribution in [1.29, 1.82) is 0 Å². The lowest BCUT2D eigenvalue weighted by Crippen LogP contribution is -2.37. The van der Waals surface area contributed by atoms with Crippen LogP contribution < -0.4 is 15.4 Å². The molecule has 0 saturated heterocycles. The Hall–Kier alpha value is -1.75. The van der Waals surface area contributed by atoms with Crippen LogP contribution in [0.3, 0.4) is 0 Å². The van der Waals surface area contributed by atoms with Crippen molar-refractivity contribution in [2.45, 2.75) is 12.8 Å². The number of amides is 2. The van der Waals surface area contributed by atoms with Gasteiger partial charge in [-0.15, -0.1) is 0 Å². The Morgan fingerprint density at radius 2 is 1.90 bits per heavy atom. The largest absolute Gasteiger partial charge is 0.482 e. The van der Waals surface area contributed by atoms with E-state index < -0.39 is 0 Å². The minimum Gasteiger partial charge on any atom is -0.482 e. The van der Waals surface area contributed by atoms with E-state index in [1.165, 1.54) is 0 Å². The van der Waals surface area contributed by atoms with Crippen molar-refractivity contribution in [3.05, 3.63) is 29.3 Å². The van der Waals surface area contributed by atoms with Crippen molar-refractivity contribution >= 4 is 23.4 Å². The number of hydrogen-bond acceptors (Lipinski definition) is 3. The molecule has 1 saturated carbocycles. The summed E-state index contributed by atoms with van der Waals surface area (Å²) in [5, 5.41) is 5.90. The lowest BCUT2D eigenvalue weighted by Gasteiger charge is -2.09. The first-order valence-electron chi connectivity index (χ1n) is 6.58. The van der Waals surface area contributed by atoms with Gasteiger partial charge in [-0.3, -0.25) is 9.59 Å². The fourth-order valence-electron chi connectivity index (χ4n) is 1.63. The van der Waals surface area contributed by atoms with Crippen molar-refractivity contribution in [1.82, 2.24) is 10.6 Å². The topological polar surface area (TPSA) is 67.4 Å². The zero-order chi connectivity index (χ0) is 14.4. The maximum absolute atomic E-state index is 11.5. The van der Waals surface area contributed by atoms with Crippen LogP contribution in [0.15, 0.2) is 24.3 Å². The third-order valence-electron chi connectivity index (χ3n) is 2.89. The van der Waals surface area contributed by atoms with Crippen LogP contribution in [0, 0.1) is 5.92 Å². The van der Waals surface area contributed by atoms with E-state index >= 15 is 0 Å². The van der Waals surface area contributed by atoms with Gasteiger partial charge in [0.05, 0.1) is 5.02 Å². The molecule has 1 fully saturated rings. The number of halogens is 1. The summed E-state index contributed by atoms with van der Waals surface area (Å²) in [4.78, 5) is 22.9. The number of hydrogen-bond donors (Lipinski definition) is 2. The molecule has 20 heavy (non-hydrogen) atoms. The van der Waals surface area contributed by atoms with Crippen LogP contribution in [-0.2, 0) is 9.59 Å². The summed E-state index contributed by atoms with van der Waals surface area (Å²) in [6, 6.07) is 6.97. The molecule has 0 spiro atoms. The molecule has 0 unspecified atom stereocenters. The molecule has 0 radical (unpaired) electrons. The predicted octanol–water partition coefficient (Wildman–Crippen LogP) is 1.36. The van der Waals surface area contributed by atoms with Crippen LogP contribution in [0.2, 0.25) is 5.02 Å². The third-order valence-corrected chi connectivity index (χ3v) is 3.20. The normalized spacial score (nSPS) is 13.7. The van der Waals surface area contributed by atoms with Crippen LogP contribution in [0.1, 0.15) is 12.8 Å². The van der Waals surface area contributed by atoms with E-state index in [-0.39, 0.29) is 24.3 Å². The summed E-state index contributed by atoms with van der Waals surface area (Å²) in [5.41, 5.74) is 0. The van der Waals surface area contributed by atoms with Crippen LogP contribution in [0.5, 0.6) is 5.75 Å². The summed E-state index contributed by atoms with van der Waals surface area (Å²) >= 11 is 5.90. The molecule has 108 valence electrons. The van der Waals surface area contributed by atoms with E-state index in [0.717, 1.165) is 12.8 Å². The average Bonchev–Trinajstić information content (AvgIpc) is 3.27. The van der Waals surface area contributed by atoms with Crippen molar-refractivity contribution in [3.8, 4) is 5.75 Å². The molecule has 0 aliphatic heterocycles. The fourth-order valence-corrected chi connectivity index (χ4v) is 1.82. The van der Waals surface area contributed by atoms with Gasteiger partial charge in [-0.1, -0.05) is 23.7 Å². The molecule has 2 N–H and O–H groups in total. The van der Waals surface area contributed by atoms with Crippen molar-refractivity contribution in [2.75, 3.05) is 19.7 Å². The van der Waals surface area contributed by atoms with E-state index in [9.17, 15) is 9.59 Å². The highest BCUT2D eigenvalue weighted by Crippen LogP contribution is 2.28. The van der Waals surface area contributed by atoms with Crippen molar-refractivity contribution in [3.63, 3.8) is 0 Å². The first-order valence-corrected chi connectivity index (χ1v) is 6.96. The predicted molar refractivity (Wildman–Crippen MR) is 75.7 cm³/mol. The first kappa shape index (κ1) is 14.7. The lowest BCUT2D eigenvalue weighted by atomic mass is 10.3. The quantitative estimate of drug-likeness (QED) is 0.747. The lowest BCUT2D eigenvalue weighted by molar-refractivity contribution is -0.124. The molecule has 5 nitrogen and oxygen atoms in total. The Morgan fingerprint density at radius 1 is 1.20 bits per heavy atom. The standard InChI is InChI=1S/C14H17ClN2O3/c15-11-3-1-2-4-12(11)20-9-13(18)16-7-8-17-14(19)10-5-6-10/h1-4,10H,5-9H2,(H,16,18)(H,17,19). The van der Waals surface area contributed by atoms with Gasteiger partial charge in [-0.2, -0.15) is 0 Å². The molecule has 1 aliphatic carbocycles. The van der Waals surface area contributed by atoms with Gasteiger partial charge >= 0.3 is 0 Å². The molecule has 0 atom stereocenters. The first-order chi connectivity index (χ1) is 9.66. The third kappa shape index (κ3) is 4.74. The number of para-hydroxylation sites is 1. The molecule has 1 aromatic carbocycles. The van der Waals surface area contributed by atoms with E-state index in [2.05, 4.69) is 10.6 Å². The second-order valence-corrected chi connectivity index (χ2v) is 5.04. The van der Waals surface area contributed by atoms with Crippen molar-refractivity contribution < 1.29 is 14.3 Å². The summed E-state index contributed by atoms with van der Waals surface area (Å²) in [6.45, 7) is 0.733. The highest BCUT2D eigenvalue weighted by atomic mass is 35.5. The van der Waals surface area contributed by atoms with Gasteiger partial charge in [-0.25, -0.2) is 0 Å². The smallest absolute Gasteiger partial charge is 0.258 e. The van der Waals surface area contributed by atoms with Gasteiger partial charge < -0.3 is 15.4 Å². The van der Waals surface area contributed by atoms with Gasteiger partial charge in [0.15, 0.2) is 6.61 Å². The maximum Gasteiger partial charge on any atom is 0.258 e. The summed E-state index contributed by atoms with van der Waals surface area (Å²) < 4.78 is 5.29. The average molecular weight is 297 g/mol. The minimum atomic E-state index is -0.245. The summed E-state index contributed by atoms with van der Waals surface area (Å²) in [5.74, 6) is 0.498. The zero-order valence-corrected chi connectivity index (χ0v) is 11.8. The summed E-state index contributed by atoms with van der Waals surface area (Å²) in [7, 11) is 0. The minimum absolute atomic E-state index is 0.0755. The molecule has 2 amide bonds. The van der Waals surface area contributed by atoms with Gasteiger partial charge in [0, 0.05) is 19.0 Å². The molecular formula is C14H17ClN2O3. The Balaban J connectivity index is 1.58. The molecule has 2 rings (SSSR count). The molecule has 1 aromatic rings. The SMILES string of the molecule is O=C(COc1ccccc1Cl)NCCNC(=O)C1CC1. The van der Waals surface area contributed by atoms with Gasteiger partial charge in [0.25, 0.3) is 5.91 Å². The van der Waals surface area contributed by atoms with Crippen LogP contribution >= 0.6 is 11.6 Å². The Kier molecular flexibility index (Phi) is 5.24. The Labute approximate surface area is 122 Å². The highest BCUT2D eigenvalue weighted by molar-refractivity contribution is 6.32. The highest BCUT2D eigenvalue weighted by Gasteiger charge is 2.28. The van der Waals surface area contributed by atoms with Crippen LogP contribution in [0.4, 0.5) is 0 Å². The second-order valence-electron chi connectivity index (χ2n) is 4.63. The zero-order valence-electron chi connectivity index (χ0n) is 11.0.